The van der Waals surface area contributed by atoms with Gasteiger partial charge in [0.15, 0.2) is 0 Å². The van der Waals surface area contributed by atoms with Gasteiger partial charge in [0.2, 0.25) is 0 Å². The molecule has 0 radical (unpaired) electrons. The van der Waals surface area contributed by atoms with Crippen molar-refractivity contribution in [2.24, 2.45) is 0 Å². The van der Waals surface area contributed by atoms with Gasteiger partial charge in [-0.3, -0.25) is 0 Å². The molecule has 0 amide bonds. The summed E-state index contributed by atoms with van der Waals surface area (Å²) in [5.74, 6) is 0. The van der Waals surface area contributed by atoms with E-state index < -0.39 is 12.3 Å². The van der Waals surface area contributed by atoms with Crippen molar-refractivity contribution >= 4 is 50.0 Å². The fourth-order valence-electron chi connectivity index (χ4n) is 0.371. The fraction of sp³-hybridized carbons (Fsp3) is 0.750. The summed E-state index contributed by atoms with van der Waals surface area (Å²) >= 11 is 0. The predicted molar refractivity (Wildman–Crippen MR) is 49.0 cm³/mol. The Morgan fingerprint density at radius 2 is 1.20 bits per heavy atom. The van der Waals surface area contributed by atoms with E-state index in [-0.39, 0.29) is 51.0 Å². The van der Waals surface area contributed by atoms with Crippen molar-refractivity contribution in [1.29, 1.82) is 0 Å². The van der Waals surface area contributed by atoms with Gasteiger partial charge in [0.1, 0.15) is 0 Å². The van der Waals surface area contributed by atoms with E-state index in [0.29, 0.717) is 12.8 Å². The first-order valence-electron chi connectivity index (χ1n) is 4.22. The van der Waals surface area contributed by atoms with Crippen LogP contribution in [0.1, 0.15) is 26.7 Å². The van der Waals surface area contributed by atoms with Crippen molar-refractivity contribution in [3.63, 3.8) is 0 Å². The maximum atomic E-state index is 9.42. The summed E-state index contributed by atoms with van der Waals surface area (Å²) in [6, 6.07) is 0. The van der Waals surface area contributed by atoms with Gasteiger partial charge in [0.05, 0.1) is 0 Å². The Morgan fingerprint density at radius 1 is 0.933 bits per heavy atom. The second kappa shape index (κ2) is 16.2. The van der Waals surface area contributed by atoms with Crippen molar-refractivity contribution in [3.05, 3.63) is 0 Å². The van der Waals surface area contributed by atoms with Crippen LogP contribution in [0, 0.1) is 0 Å². The summed E-state index contributed by atoms with van der Waals surface area (Å²) < 4.78 is 7.99. The molecule has 0 aliphatic heterocycles. The van der Waals surface area contributed by atoms with Crippen LogP contribution in [-0.2, 0) is 9.47 Å². The molecule has 0 unspecified atom stereocenters. The SMILES string of the molecule is CCCOC(=O)[O-].CCCOC(=O)[O-].[Ca+2]. The quantitative estimate of drug-likeness (QED) is 0.472. The van der Waals surface area contributed by atoms with Crippen LogP contribution < -0.4 is 10.2 Å². The van der Waals surface area contributed by atoms with Crippen molar-refractivity contribution in [1.82, 2.24) is 0 Å². The van der Waals surface area contributed by atoms with E-state index in [1.54, 1.807) is 0 Å². The summed E-state index contributed by atoms with van der Waals surface area (Å²) in [4.78, 5) is 18.8. The summed E-state index contributed by atoms with van der Waals surface area (Å²) in [5.41, 5.74) is 0. The molecular weight excluding hydrogens is 232 g/mol. The molecule has 0 aromatic carbocycles. The monoisotopic (exact) mass is 246 g/mol. The molecule has 7 heteroatoms. The van der Waals surface area contributed by atoms with Crippen LogP contribution >= 0.6 is 0 Å². The Bertz CT molecular complexity index is 143. The number of carbonyl (C=O) groups is 2. The maximum Gasteiger partial charge on any atom is 2.00 e. The molecule has 0 rings (SSSR count). The molecule has 6 nitrogen and oxygen atoms in total. The number of carboxylic acid groups (broad SMARTS) is 2. The molecule has 0 saturated heterocycles. The van der Waals surface area contributed by atoms with Crippen LogP contribution in [0.5, 0.6) is 0 Å². The van der Waals surface area contributed by atoms with E-state index in [9.17, 15) is 19.8 Å². The zero-order valence-corrected chi connectivity index (χ0v) is 11.2. The molecule has 0 fully saturated rings. The normalized spacial score (nSPS) is 7.60. The first-order valence-corrected chi connectivity index (χ1v) is 4.22. The largest absolute Gasteiger partial charge is 2.00 e. The summed E-state index contributed by atoms with van der Waals surface area (Å²) in [5, 5.41) is 18.8. The third kappa shape index (κ3) is 31.6. The fourth-order valence-corrected chi connectivity index (χ4v) is 0.371. The van der Waals surface area contributed by atoms with Crippen LogP contribution in [0.15, 0.2) is 0 Å². The molecule has 0 heterocycles. The Balaban J connectivity index is -0.000000180. The van der Waals surface area contributed by atoms with E-state index in [0.717, 1.165) is 0 Å². The minimum absolute atomic E-state index is 0. The van der Waals surface area contributed by atoms with E-state index in [1.165, 1.54) is 0 Å². The van der Waals surface area contributed by atoms with E-state index in [1.807, 2.05) is 13.8 Å². The van der Waals surface area contributed by atoms with E-state index in [4.69, 9.17) is 0 Å². The summed E-state index contributed by atoms with van der Waals surface area (Å²) in [6.07, 6.45) is -1.48. The number of hydrogen-bond acceptors (Lipinski definition) is 6. The van der Waals surface area contributed by atoms with Crippen molar-refractivity contribution in [2.75, 3.05) is 13.2 Å². The Kier molecular flexibility index (Phi) is 21.9. The smallest absolute Gasteiger partial charge is 0.550 e. The van der Waals surface area contributed by atoms with Gasteiger partial charge >= 0.3 is 37.7 Å². The van der Waals surface area contributed by atoms with Gasteiger partial charge in [-0.25, -0.2) is 0 Å². The third-order valence-electron chi connectivity index (χ3n) is 0.848. The zero-order valence-electron chi connectivity index (χ0n) is 8.99. The second-order valence-electron chi connectivity index (χ2n) is 2.20. The summed E-state index contributed by atoms with van der Waals surface area (Å²) in [7, 11) is 0. The summed E-state index contributed by atoms with van der Waals surface area (Å²) in [6.45, 7) is 4.12. The van der Waals surface area contributed by atoms with Crippen LogP contribution in [0.2, 0.25) is 0 Å². The van der Waals surface area contributed by atoms with Gasteiger partial charge in [-0.05, 0) is 12.8 Å². The Labute approximate surface area is 119 Å². The van der Waals surface area contributed by atoms with Gasteiger partial charge < -0.3 is 29.3 Å². The molecule has 84 valence electrons. The van der Waals surface area contributed by atoms with E-state index in [2.05, 4.69) is 9.47 Å². The molecular formula is C8H14CaO6. The molecule has 15 heavy (non-hydrogen) atoms. The van der Waals surface area contributed by atoms with Gasteiger partial charge in [-0.2, -0.15) is 0 Å². The zero-order chi connectivity index (χ0) is 11.4. The molecule has 0 aromatic rings. The molecule has 0 spiro atoms. The molecule has 0 aliphatic carbocycles. The first kappa shape index (κ1) is 20.2. The average molecular weight is 246 g/mol. The van der Waals surface area contributed by atoms with Crippen molar-refractivity contribution < 1.29 is 29.3 Å². The Morgan fingerprint density at radius 3 is 1.27 bits per heavy atom. The molecule has 0 aromatic heterocycles. The van der Waals surface area contributed by atoms with Crippen LogP contribution in [0.4, 0.5) is 9.59 Å². The first-order chi connectivity index (χ1) is 6.54. The number of ether oxygens (including phenoxy) is 2. The van der Waals surface area contributed by atoms with E-state index >= 15 is 0 Å². The third-order valence-corrected chi connectivity index (χ3v) is 0.848. The topological polar surface area (TPSA) is 98.7 Å². The molecule has 0 N–H and O–H groups in total. The van der Waals surface area contributed by atoms with Crippen LogP contribution in [0.3, 0.4) is 0 Å². The van der Waals surface area contributed by atoms with Gasteiger partial charge in [-0.15, -0.1) is 0 Å². The number of rotatable bonds is 4. The molecule has 0 atom stereocenters. The molecule has 0 aliphatic rings. The second-order valence-corrected chi connectivity index (χ2v) is 2.20. The van der Waals surface area contributed by atoms with Gasteiger partial charge in [-0.1, -0.05) is 13.8 Å². The number of hydrogen-bond donors (Lipinski definition) is 0. The van der Waals surface area contributed by atoms with Gasteiger partial charge in [0, 0.05) is 13.2 Å². The standard InChI is InChI=1S/2C4H8O3.Ca/c2*1-2-3-7-4(5)6;/h2*2-3H2,1H3,(H,5,6);/q;;+2/p-2. The number of carbonyl (C=O) groups excluding carboxylic acids is 2. The average Bonchev–Trinajstić information content (AvgIpc) is 2.12. The van der Waals surface area contributed by atoms with Crippen molar-refractivity contribution in [3.8, 4) is 0 Å². The van der Waals surface area contributed by atoms with Crippen molar-refractivity contribution in [2.45, 2.75) is 26.7 Å². The molecule has 0 bridgehead atoms. The Hall–Kier alpha value is -0.200. The van der Waals surface area contributed by atoms with Crippen LogP contribution in [-0.4, -0.2) is 63.3 Å². The predicted octanol–water partition coefficient (Wildman–Crippen LogP) is -0.868. The minimum Gasteiger partial charge on any atom is -0.550 e. The van der Waals surface area contributed by atoms with Crippen LogP contribution in [0.25, 0.3) is 0 Å². The van der Waals surface area contributed by atoms with Gasteiger partial charge in [0.25, 0.3) is 12.3 Å². The molecule has 0 saturated carbocycles. The maximum absolute atomic E-state index is 9.42. The minimum atomic E-state index is -1.44.